The Bertz CT molecular complexity index is 497. The van der Waals surface area contributed by atoms with Crippen molar-refractivity contribution in [2.24, 2.45) is 0 Å². The highest BCUT2D eigenvalue weighted by Gasteiger charge is 2.26. The molecule has 0 aromatic rings. The van der Waals surface area contributed by atoms with Gasteiger partial charge in [0.05, 0.1) is 49.6 Å². The summed E-state index contributed by atoms with van der Waals surface area (Å²) in [4.78, 5) is 0. The fourth-order valence-corrected chi connectivity index (χ4v) is 4.91. The normalized spacial score (nSPS) is 12.5. The molecule has 0 radical (unpaired) electrons. The van der Waals surface area contributed by atoms with Crippen LogP contribution in [0.3, 0.4) is 0 Å². The molecule has 0 saturated heterocycles. The summed E-state index contributed by atoms with van der Waals surface area (Å²) < 4.78 is 45.9. The predicted molar refractivity (Wildman–Crippen MR) is 138 cm³/mol. The zero-order chi connectivity index (χ0) is 24.7. The number of quaternary nitrogens is 1. The summed E-state index contributed by atoms with van der Waals surface area (Å²) >= 11 is 0. The third-order valence-electron chi connectivity index (χ3n) is 6.43. The van der Waals surface area contributed by atoms with E-state index in [0.29, 0.717) is 26.2 Å². The van der Waals surface area contributed by atoms with Crippen LogP contribution in [0.25, 0.3) is 0 Å². The highest BCUT2D eigenvalue weighted by atomic mass is 32.2. The lowest BCUT2D eigenvalue weighted by Gasteiger charge is -2.39. The predicted octanol–water partition coefficient (Wildman–Crippen LogP) is 5.90. The third-order valence-corrected chi connectivity index (χ3v) is 7.22. The van der Waals surface area contributed by atoms with Crippen molar-refractivity contribution < 1.29 is 26.9 Å². The van der Waals surface area contributed by atoms with Gasteiger partial charge in [-0.1, -0.05) is 72.1 Å². The minimum atomic E-state index is -4.16. The lowest BCUT2D eigenvalue weighted by atomic mass is 10.1. The van der Waals surface area contributed by atoms with Gasteiger partial charge in [-0.05, 0) is 32.1 Å². The van der Waals surface area contributed by atoms with E-state index in [0.717, 1.165) is 56.5 Å². The quantitative estimate of drug-likeness (QED) is 0.0851. The number of ether oxygens (including phenoxy) is 2. The van der Waals surface area contributed by atoms with Crippen LogP contribution in [-0.2, 0) is 19.6 Å². The fraction of sp³-hybridized carbons (Fsp3) is 1.00. The first-order chi connectivity index (χ1) is 15.9. The molecule has 0 heterocycles. The molecule has 6 nitrogen and oxygen atoms in total. The van der Waals surface area contributed by atoms with Crippen molar-refractivity contribution >= 4 is 10.1 Å². The van der Waals surface area contributed by atoms with E-state index in [2.05, 4.69) is 20.8 Å². The van der Waals surface area contributed by atoms with Crippen LogP contribution in [0.15, 0.2) is 0 Å². The largest absolute Gasteiger partial charge is 0.748 e. The van der Waals surface area contributed by atoms with Crippen molar-refractivity contribution in [3.05, 3.63) is 0 Å². The van der Waals surface area contributed by atoms with Crippen LogP contribution < -0.4 is 0 Å². The number of unbranched alkanes of at least 4 members (excludes halogenated alkanes) is 10. The molecule has 0 aliphatic carbocycles. The second-order valence-corrected chi connectivity index (χ2v) is 11.1. The van der Waals surface area contributed by atoms with Gasteiger partial charge in [-0.25, -0.2) is 8.42 Å². The summed E-state index contributed by atoms with van der Waals surface area (Å²) in [6.45, 7) is 13.0. The highest BCUT2D eigenvalue weighted by molar-refractivity contribution is 7.85. The standard InChI is InChI=1S/C26H55NO5S/c1-4-7-9-11-13-15-18-27(20-17-26-33(28,29)30,19-16-14-12-10-8-5-2)21-23-32-25-24-31-22-6-3/h4-26H2,1-3H3. The second-order valence-electron chi connectivity index (χ2n) is 9.61. The molecule has 0 unspecified atom stereocenters. The summed E-state index contributed by atoms with van der Waals surface area (Å²) in [7, 11) is -4.16. The summed E-state index contributed by atoms with van der Waals surface area (Å²) in [6.07, 6.45) is 16.4. The molecule has 0 aliphatic rings. The van der Waals surface area contributed by atoms with Crippen molar-refractivity contribution in [3.63, 3.8) is 0 Å². The van der Waals surface area contributed by atoms with Crippen molar-refractivity contribution in [2.75, 3.05) is 58.4 Å². The van der Waals surface area contributed by atoms with Gasteiger partial charge in [-0.15, -0.1) is 0 Å². The summed E-state index contributed by atoms with van der Waals surface area (Å²) in [6, 6.07) is 0. The molecule has 0 aromatic heterocycles. The lowest BCUT2D eigenvalue weighted by Crippen LogP contribution is -2.52. The van der Waals surface area contributed by atoms with E-state index in [-0.39, 0.29) is 5.75 Å². The molecule has 0 fully saturated rings. The molecule has 200 valence electrons. The number of rotatable bonds is 26. The molecule has 0 aliphatic heterocycles. The van der Waals surface area contributed by atoms with Gasteiger partial charge in [-0.2, -0.15) is 0 Å². The van der Waals surface area contributed by atoms with E-state index in [1.165, 1.54) is 64.2 Å². The Morgan fingerprint density at radius 1 is 0.545 bits per heavy atom. The minimum absolute atomic E-state index is 0.258. The first kappa shape index (κ1) is 32.8. The van der Waals surface area contributed by atoms with Gasteiger partial charge in [0.15, 0.2) is 0 Å². The summed E-state index contributed by atoms with van der Waals surface area (Å²) in [5.74, 6) is -0.258. The molecule has 0 amide bonds. The molecule has 0 atom stereocenters. The third kappa shape index (κ3) is 22.0. The van der Waals surface area contributed by atoms with Gasteiger partial charge < -0.3 is 18.5 Å². The Morgan fingerprint density at radius 3 is 1.48 bits per heavy atom. The van der Waals surface area contributed by atoms with E-state index in [1.807, 2.05) is 0 Å². The second kappa shape index (κ2) is 22.3. The van der Waals surface area contributed by atoms with Crippen LogP contribution in [0.2, 0.25) is 0 Å². The Balaban J connectivity index is 4.86. The zero-order valence-corrected chi connectivity index (χ0v) is 23.0. The van der Waals surface area contributed by atoms with Crippen LogP contribution in [0.1, 0.15) is 111 Å². The number of hydrogen-bond acceptors (Lipinski definition) is 5. The SMILES string of the molecule is CCCCCCCC[N+](CCCCCCCC)(CCCS(=O)(=O)[O-])CCOCCOCCC. The molecular weight excluding hydrogens is 438 g/mol. The Hall–Kier alpha value is -0.210. The van der Waals surface area contributed by atoms with Gasteiger partial charge in [0.2, 0.25) is 0 Å². The molecule has 7 heteroatoms. The minimum Gasteiger partial charge on any atom is -0.748 e. The molecule has 0 saturated carbocycles. The highest BCUT2D eigenvalue weighted by Crippen LogP contribution is 2.17. The van der Waals surface area contributed by atoms with Crippen molar-refractivity contribution in [2.45, 2.75) is 111 Å². The van der Waals surface area contributed by atoms with Crippen molar-refractivity contribution in [1.82, 2.24) is 0 Å². The maximum absolute atomic E-state index is 11.2. The van der Waals surface area contributed by atoms with E-state index >= 15 is 0 Å². The molecule has 0 N–H and O–H groups in total. The van der Waals surface area contributed by atoms with Crippen LogP contribution in [0, 0.1) is 0 Å². The van der Waals surface area contributed by atoms with Crippen LogP contribution in [0.5, 0.6) is 0 Å². The van der Waals surface area contributed by atoms with E-state index < -0.39 is 10.1 Å². The van der Waals surface area contributed by atoms with Crippen molar-refractivity contribution in [1.29, 1.82) is 0 Å². The molecule has 0 bridgehead atoms. The van der Waals surface area contributed by atoms with Crippen LogP contribution in [-0.4, -0.2) is 75.8 Å². The van der Waals surface area contributed by atoms with Gasteiger partial charge in [0.25, 0.3) is 0 Å². The Kier molecular flexibility index (Phi) is 22.1. The maximum Gasteiger partial charge on any atom is 0.102 e. The smallest absolute Gasteiger partial charge is 0.102 e. The van der Waals surface area contributed by atoms with Crippen molar-refractivity contribution in [3.8, 4) is 0 Å². The number of nitrogens with zero attached hydrogens (tertiary/aromatic N) is 1. The maximum atomic E-state index is 11.2. The molecule has 0 spiro atoms. The van der Waals surface area contributed by atoms with Gasteiger partial charge in [0.1, 0.15) is 6.54 Å². The monoisotopic (exact) mass is 493 g/mol. The zero-order valence-electron chi connectivity index (χ0n) is 22.2. The van der Waals surface area contributed by atoms with E-state index in [4.69, 9.17) is 9.47 Å². The van der Waals surface area contributed by atoms with E-state index in [1.54, 1.807) is 0 Å². The summed E-state index contributed by atoms with van der Waals surface area (Å²) in [5, 5.41) is 0. The first-order valence-corrected chi connectivity index (χ1v) is 15.4. The van der Waals surface area contributed by atoms with Gasteiger partial charge in [0, 0.05) is 18.8 Å². The Labute approximate surface area is 206 Å². The fourth-order valence-electron chi connectivity index (χ4n) is 4.43. The summed E-state index contributed by atoms with van der Waals surface area (Å²) in [5.41, 5.74) is 0. The molecular formula is C26H55NO5S. The van der Waals surface area contributed by atoms with Gasteiger partial charge in [-0.3, -0.25) is 0 Å². The Morgan fingerprint density at radius 2 is 1.00 bits per heavy atom. The van der Waals surface area contributed by atoms with Crippen LogP contribution in [0.4, 0.5) is 0 Å². The molecule has 0 rings (SSSR count). The average molecular weight is 494 g/mol. The average Bonchev–Trinajstić information content (AvgIpc) is 2.77. The molecule has 33 heavy (non-hydrogen) atoms. The van der Waals surface area contributed by atoms with Crippen LogP contribution >= 0.6 is 0 Å². The van der Waals surface area contributed by atoms with E-state index in [9.17, 15) is 13.0 Å². The molecule has 0 aromatic carbocycles. The first-order valence-electron chi connectivity index (χ1n) is 13.8. The lowest BCUT2D eigenvalue weighted by molar-refractivity contribution is -0.929. The topological polar surface area (TPSA) is 75.7 Å². The number of hydrogen-bond donors (Lipinski definition) is 0. The van der Waals surface area contributed by atoms with Gasteiger partial charge >= 0.3 is 0 Å².